The maximum Gasteiger partial charge on any atom is 0.330 e. The number of aliphatic carboxylic acids is 1. The number of carboxylic acids is 1. The van der Waals surface area contributed by atoms with Gasteiger partial charge in [0.1, 0.15) is 5.54 Å². The van der Waals surface area contributed by atoms with Gasteiger partial charge < -0.3 is 10.4 Å². The Hall–Kier alpha value is -1.20. The molecule has 1 atom stereocenters. The largest absolute Gasteiger partial charge is 0.479 e. The number of hydrogen-bond acceptors (Lipinski definition) is 3. The highest BCUT2D eigenvalue weighted by Gasteiger charge is 2.43. The summed E-state index contributed by atoms with van der Waals surface area (Å²) in [6, 6.07) is 4.98. The number of carbonyl (C=O) groups is 2. The molecule has 1 aromatic carbocycles. The number of aryl methyl sites for hydroxylation is 1. The molecule has 2 rings (SSSR count). The minimum Gasteiger partial charge on any atom is -0.479 e. The van der Waals surface area contributed by atoms with Gasteiger partial charge in [-0.2, -0.15) is 11.8 Å². The Morgan fingerprint density at radius 2 is 2.16 bits per heavy atom. The van der Waals surface area contributed by atoms with Gasteiger partial charge in [-0.25, -0.2) is 4.79 Å². The van der Waals surface area contributed by atoms with Crippen LogP contribution in [0.4, 0.5) is 0 Å². The number of halogens is 1. The topological polar surface area (TPSA) is 66.4 Å². The minimum atomic E-state index is -1.15. The summed E-state index contributed by atoms with van der Waals surface area (Å²) in [5.74, 6) is -0.241. The molecule has 1 saturated heterocycles. The fourth-order valence-electron chi connectivity index (χ4n) is 2.04. The van der Waals surface area contributed by atoms with E-state index in [-0.39, 0.29) is 0 Å². The van der Waals surface area contributed by atoms with E-state index in [9.17, 15) is 14.7 Å². The molecule has 1 fully saturated rings. The number of nitrogens with one attached hydrogen (secondary N) is 1. The molecule has 6 heteroatoms. The zero-order chi connectivity index (χ0) is 14.0. The number of carbonyl (C=O) groups excluding carboxylic acids is 1. The first-order valence-corrected chi connectivity index (χ1v) is 7.37. The van der Waals surface area contributed by atoms with Crippen LogP contribution in [0, 0.1) is 6.92 Å². The highest BCUT2D eigenvalue weighted by molar-refractivity contribution is 7.99. The molecule has 2 N–H and O–H groups in total. The van der Waals surface area contributed by atoms with Crippen LogP contribution >= 0.6 is 23.4 Å². The van der Waals surface area contributed by atoms with Crippen LogP contribution in [0.5, 0.6) is 0 Å². The Kier molecular flexibility index (Phi) is 4.06. The highest BCUT2D eigenvalue weighted by Crippen LogP contribution is 2.28. The summed E-state index contributed by atoms with van der Waals surface area (Å²) in [5, 5.41) is 12.4. The van der Waals surface area contributed by atoms with Gasteiger partial charge in [0.2, 0.25) is 0 Å². The fourth-order valence-corrected chi connectivity index (χ4v) is 3.66. The van der Waals surface area contributed by atoms with Crippen molar-refractivity contribution in [2.75, 3.05) is 11.5 Å². The van der Waals surface area contributed by atoms with Crippen molar-refractivity contribution < 1.29 is 14.7 Å². The van der Waals surface area contributed by atoms with Gasteiger partial charge in [-0.15, -0.1) is 0 Å². The third kappa shape index (κ3) is 3.04. The molecule has 0 bridgehead atoms. The van der Waals surface area contributed by atoms with Gasteiger partial charge in [0.25, 0.3) is 5.91 Å². The number of carboxylic acid groups (broad SMARTS) is 1. The van der Waals surface area contributed by atoms with E-state index in [0.717, 1.165) is 11.3 Å². The molecular weight excluding hydrogens is 286 g/mol. The lowest BCUT2D eigenvalue weighted by atomic mass is 9.98. The highest BCUT2D eigenvalue weighted by atomic mass is 35.5. The van der Waals surface area contributed by atoms with Crippen LogP contribution in [-0.2, 0) is 4.79 Å². The van der Waals surface area contributed by atoms with Crippen molar-refractivity contribution in [2.45, 2.75) is 18.9 Å². The van der Waals surface area contributed by atoms with Crippen LogP contribution in [0.3, 0.4) is 0 Å². The first kappa shape index (κ1) is 14.2. The summed E-state index contributed by atoms with van der Waals surface area (Å²) in [7, 11) is 0. The molecule has 1 aromatic rings. The summed E-state index contributed by atoms with van der Waals surface area (Å²) in [6.45, 7) is 1.83. The first-order valence-electron chi connectivity index (χ1n) is 5.84. The van der Waals surface area contributed by atoms with Gasteiger partial charge in [0.15, 0.2) is 0 Å². The van der Waals surface area contributed by atoms with Crippen LogP contribution in [0.1, 0.15) is 22.3 Å². The predicted molar refractivity (Wildman–Crippen MR) is 76.0 cm³/mol. The van der Waals surface area contributed by atoms with Gasteiger partial charge in [-0.3, -0.25) is 4.79 Å². The molecule has 4 nitrogen and oxygen atoms in total. The fraction of sp³-hybridized carbons (Fsp3) is 0.385. The van der Waals surface area contributed by atoms with Crippen molar-refractivity contribution in [3.8, 4) is 0 Å². The third-order valence-electron chi connectivity index (χ3n) is 3.09. The first-order chi connectivity index (χ1) is 8.93. The molecule has 102 valence electrons. The molecule has 1 aliphatic rings. The van der Waals surface area contributed by atoms with Crippen molar-refractivity contribution in [3.05, 3.63) is 34.3 Å². The van der Waals surface area contributed by atoms with E-state index in [0.29, 0.717) is 22.8 Å². The second kappa shape index (κ2) is 5.43. The monoisotopic (exact) mass is 299 g/mol. The number of hydrogen-bond donors (Lipinski definition) is 2. The van der Waals surface area contributed by atoms with Crippen molar-refractivity contribution >= 4 is 35.2 Å². The lowest BCUT2D eigenvalue weighted by Gasteiger charge is -2.24. The molecule has 1 unspecified atom stereocenters. The van der Waals surface area contributed by atoms with Gasteiger partial charge in [0, 0.05) is 16.3 Å². The standard InChI is InChI=1S/C13H14ClNO3S/c1-8-4-9(6-10(14)5-8)11(16)15-13(12(17)18)2-3-19-7-13/h4-6H,2-3,7H2,1H3,(H,15,16)(H,17,18). The number of thioether (sulfide) groups is 1. The van der Waals surface area contributed by atoms with E-state index in [1.54, 1.807) is 18.2 Å². The quantitative estimate of drug-likeness (QED) is 0.899. The van der Waals surface area contributed by atoms with E-state index >= 15 is 0 Å². The third-order valence-corrected chi connectivity index (χ3v) is 4.50. The van der Waals surface area contributed by atoms with Crippen molar-refractivity contribution in [1.29, 1.82) is 0 Å². The maximum absolute atomic E-state index is 12.2. The number of amides is 1. The normalized spacial score (nSPS) is 22.2. The van der Waals surface area contributed by atoms with Gasteiger partial charge in [-0.05, 0) is 42.9 Å². The van der Waals surface area contributed by atoms with E-state index in [1.165, 1.54) is 11.8 Å². The summed E-state index contributed by atoms with van der Waals surface area (Å²) >= 11 is 7.44. The smallest absolute Gasteiger partial charge is 0.330 e. The molecule has 0 aliphatic carbocycles. The molecular formula is C13H14ClNO3S. The second-order valence-electron chi connectivity index (χ2n) is 4.66. The number of benzene rings is 1. The minimum absolute atomic E-state index is 0.391. The number of rotatable bonds is 3. The van der Waals surface area contributed by atoms with E-state index in [1.807, 2.05) is 6.92 Å². The zero-order valence-corrected chi connectivity index (χ0v) is 12.0. The van der Waals surface area contributed by atoms with Crippen LogP contribution in [0.15, 0.2) is 18.2 Å². The van der Waals surface area contributed by atoms with Gasteiger partial charge >= 0.3 is 5.97 Å². The molecule has 19 heavy (non-hydrogen) atoms. The van der Waals surface area contributed by atoms with Crippen LogP contribution in [0.2, 0.25) is 5.02 Å². The zero-order valence-electron chi connectivity index (χ0n) is 10.4. The summed E-state index contributed by atoms with van der Waals surface area (Å²) in [4.78, 5) is 23.5. The molecule has 1 aliphatic heterocycles. The SMILES string of the molecule is Cc1cc(Cl)cc(C(=O)NC2(C(=O)O)CCSC2)c1. The Morgan fingerprint density at radius 1 is 1.42 bits per heavy atom. The maximum atomic E-state index is 12.2. The average molecular weight is 300 g/mol. The summed E-state index contributed by atoms with van der Waals surface area (Å²) in [6.07, 6.45) is 0.443. The second-order valence-corrected chi connectivity index (χ2v) is 6.20. The Balaban J connectivity index is 2.22. The predicted octanol–water partition coefficient (Wildman–Crippen LogP) is 2.34. The average Bonchev–Trinajstić information content (AvgIpc) is 2.77. The van der Waals surface area contributed by atoms with Crippen LogP contribution in [-0.4, -0.2) is 34.0 Å². The summed E-state index contributed by atoms with van der Waals surface area (Å²) < 4.78 is 0. The molecule has 0 aromatic heterocycles. The van der Waals surface area contributed by atoms with Gasteiger partial charge in [0.05, 0.1) is 0 Å². The van der Waals surface area contributed by atoms with Gasteiger partial charge in [-0.1, -0.05) is 11.6 Å². The van der Waals surface area contributed by atoms with Crippen LogP contribution in [0.25, 0.3) is 0 Å². The Morgan fingerprint density at radius 3 is 2.68 bits per heavy atom. The van der Waals surface area contributed by atoms with Crippen molar-refractivity contribution in [3.63, 3.8) is 0 Å². The van der Waals surface area contributed by atoms with E-state index < -0.39 is 17.4 Å². The Bertz CT molecular complexity index is 506. The molecule has 0 radical (unpaired) electrons. The van der Waals surface area contributed by atoms with E-state index in [4.69, 9.17) is 11.6 Å². The molecule has 1 heterocycles. The van der Waals surface area contributed by atoms with E-state index in [2.05, 4.69) is 5.32 Å². The summed E-state index contributed by atoms with van der Waals surface area (Å²) in [5.41, 5.74) is 0.100. The Labute approximate surface area is 120 Å². The molecule has 0 spiro atoms. The van der Waals surface area contributed by atoms with Crippen molar-refractivity contribution in [2.24, 2.45) is 0 Å². The molecule has 1 amide bonds. The van der Waals surface area contributed by atoms with Crippen molar-refractivity contribution in [1.82, 2.24) is 5.32 Å². The lowest BCUT2D eigenvalue weighted by molar-refractivity contribution is -0.143. The lowest BCUT2D eigenvalue weighted by Crippen LogP contribution is -2.54. The van der Waals surface area contributed by atoms with Crippen LogP contribution < -0.4 is 5.32 Å². The molecule has 0 saturated carbocycles.